The third-order valence-corrected chi connectivity index (χ3v) is 4.12. The zero-order valence-corrected chi connectivity index (χ0v) is 11.3. The average Bonchev–Trinajstić information content (AvgIpc) is 2.90. The minimum Gasteiger partial charge on any atom is -0.357 e. The van der Waals surface area contributed by atoms with Crippen LogP contribution in [0.25, 0.3) is 0 Å². The lowest BCUT2D eigenvalue weighted by Gasteiger charge is -2.40. The molecular formula is C13H23N3O2. The van der Waals surface area contributed by atoms with Crippen molar-refractivity contribution in [2.45, 2.75) is 31.7 Å². The van der Waals surface area contributed by atoms with E-state index >= 15 is 0 Å². The normalized spacial score (nSPS) is 26.3. The molecule has 18 heavy (non-hydrogen) atoms. The number of carbonyl (C=O) groups excluding carboxylic acids is 2. The Morgan fingerprint density at radius 1 is 1.17 bits per heavy atom. The van der Waals surface area contributed by atoms with Crippen LogP contribution < -0.4 is 5.32 Å². The first kappa shape index (κ1) is 13.3. The highest BCUT2D eigenvalue weighted by Crippen LogP contribution is 2.27. The molecular weight excluding hydrogens is 230 g/mol. The van der Waals surface area contributed by atoms with Crippen molar-refractivity contribution in [2.24, 2.45) is 5.92 Å². The number of nitrogens with one attached hydrogen (secondary N) is 1. The number of amides is 2. The molecule has 1 saturated heterocycles. The predicted octanol–water partition coefficient (Wildman–Crippen LogP) is 0.0652. The number of piperazine rings is 1. The summed E-state index contributed by atoms with van der Waals surface area (Å²) >= 11 is 0. The molecule has 1 N–H and O–H groups in total. The van der Waals surface area contributed by atoms with Crippen molar-refractivity contribution >= 4 is 11.8 Å². The van der Waals surface area contributed by atoms with Gasteiger partial charge in [-0.2, -0.15) is 0 Å². The van der Waals surface area contributed by atoms with Crippen LogP contribution in [0.2, 0.25) is 0 Å². The van der Waals surface area contributed by atoms with E-state index in [1.54, 1.807) is 11.9 Å². The van der Waals surface area contributed by atoms with Gasteiger partial charge in [-0.25, -0.2) is 0 Å². The standard InChI is InChI=1S/C13H23N3O2/c1-14-12(17)11-9-15(2)7-8-16(11)13(18)10-5-3-4-6-10/h10-11H,3-9H2,1-2H3,(H,14,17)/t11-/m1/s1. The Morgan fingerprint density at radius 3 is 2.44 bits per heavy atom. The molecule has 1 atom stereocenters. The van der Waals surface area contributed by atoms with E-state index in [4.69, 9.17) is 0 Å². The van der Waals surface area contributed by atoms with Gasteiger partial charge in [-0.05, 0) is 19.9 Å². The highest BCUT2D eigenvalue weighted by Gasteiger charge is 2.37. The molecule has 0 radical (unpaired) electrons. The fraction of sp³-hybridized carbons (Fsp3) is 0.846. The van der Waals surface area contributed by atoms with Crippen LogP contribution in [0.3, 0.4) is 0 Å². The van der Waals surface area contributed by atoms with Crippen molar-refractivity contribution in [3.63, 3.8) is 0 Å². The molecule has 2 fully saturated rings. The molecule has 1 heterocycles. The first-order valence-corrected chi connectivity index (χ1v) is 6.84. The van der Waals surface area contributed by atoms with E-state index in [-0.39, 0.29) is 23.8 Å². The topological polar surface area (TPSA) is 52.7 Å². The summed E-state index contributed by atoms with van der Waals surface area (Å²) in [5, 5.41) is 2.67. The van der Waals surface area contributed by atoms with Crippen molar-refractivity contribution in [3.05, 3.63) is 0 Å². The second-order valence-electron chi connectivity index (χ2n) is 5.41. The summed E-state index contributed by atoms with van der Waals surface area (Å²) in [5.74, 6) is 0.294. The SMILES string of the molecule is CNC(=O)[C@H]1CN(C)CCN1C(=O)C1CCCC1. The molecule has 0 spiro atoms. The molecule has 1 aliphatic heterocycles. The smallest absolute Gasteiger partial charge is 0.243 e. The number of nitrogens with zero attached hydrogens (tertiary/aromatic N) is 2. The maximum atomic E-state index is 12.5. The molecule has 2 aliphatic rings. The Hall–Kier alpha value is -1.10. The predicted molar refractivity (Wildman–Crippen MR) is 69.0 cm³/mol. The quantitative estimate of drug-likeness (QED) is 0.757. The summed E-state index contributed by atoms with van der Waals surface area (Å²) in [6.07, 6.45) is 4.28. The zero-order valence-electron chi connectivity index (χ0n) is 11.3. The number of likely N-dealkylation sites (N-methyl/N-ethyl adjacent to an activating group) is 2. The molecule has 0 aromatic heterocycles. The van der Waals surface area contributed by atoms with E-state index in [1.807, 2.05) is 7.05 Å². The summed E-state index contributed by atoms with van der Waals surface area (Å²) in [5.41, 5.74) is 0. The van der Waals surface area contributed by atoms with Gasteiger partial charge in [-0.1, -0.05) is 12.8 Å². The summed E-state index contributed by atoms with van der Waals surface area (Å²) < 4.78 is 0. The Morgan fingerprint density at radius 2 is 1.83 bits per heavy atom. The van der Waals surface area contributed by atoms with Gasteiger partial charge >= 0.3 is 0 Å². The van der Waals surface area contributed by atoms with Gasteiger partial charge < -0.3 is 15.1 Å². The summed E-state index contributed by atoms with van der Waals surface area (Å²) in [6, 6.07) is -0.318. The van der Waals surface area contributed by atoms with E-state index in [9.17, 15) is 9.59 Å². The van der Waals surface area contributed by atoms with E-state index in [0.717, 1.165) is 32.2 Å². The minimum absolute atomic E-state index is 0.0482. The molecule has 0 aromatic rings. The summed E-state index contributed by atoms with van der Waals surface area (Å²) in [6.45, 7) is 2.16. The molecule has 1 aliphatic carbocycles. The van der Waals surface area contributed by atoms with Crippen LogP contribution in [0.1, 0.15) is 25.7 Å². The largest absolute Gasteiger partial charge is 0.357 e. The van der Waals surface area contributed by atoms with Gasteiger partial charge in [0.15, 0.2) is 0 Å². The van der Waals surface area contributed by atoms with Crippen molar-refractivity contribution in [2.75, 3.05) is 33.7 Å². The van der Waals surface area contributed by atoms with Gasteiger partial charge in [0.25, 0.3) is 0 Å². The first-order valence-electron chi connectivity index (χ1n) is 6.84. The Bertz CT molecular complexity index is 326. The Kier molecular flexibility index (Phi) is 4.22. The van der Waals surface area contributed by atoms with Crippen molar-refractivity contribution in [3.8, 4) is 0 Å². The van der Waals surface area contributed by atoms with Crippen molar-refractivity contribution in [1.29, 1.82) is 0 Å². The van der Waals surface area contributed by atoms with Gasteiger partial charge in [0.2, 0.25) is 11.8 Å². The fourth-order valence-corrected chi connectivity index (χ4v) is 2.98. The first-order chi connectivity index (χ1) is 8.63. The van der Waals surface area contributed by atoms with Crippen LogP contribution in [-0.2, 0) is 9.59 Å². The minimum atomic E-state index is -0.318. The molecule has 5 nitrogen and oxygen atoms in total. The van der Waals surface area contributed by atoms with Crippen LogP contribution in [0.15, 0.2) is 0 Å². The van der Waals surface area contributed by atoms with Gasteiger partial charge in [-0.15, -0.1) is 0 Å². The van der Waals surface area contributed by atoms with Crippen LogP contribution >= 0.6 is 0 Å². The third-order valence-electron chi connectivity index (χ3n) is 4.12. The summed E-state index contributed by atoms with van der Waals surface area (Å²) in [7, 11) is 3.63. The molecule has 5 heteroatoms. The highest BCUT2D eigenvalue weighted by atomic mass is 16.2. The maximum Gasteiger partial charge on any atom is 0.243 e. The van der Waals surface area contributed by atoms with Crippen LogP contribution in [0.4, 0.5) is 0 Å². The molecule has 0 bridgehead atoms. The maximum absolute atomic E-state index is 12.5. The number of hydrogen-bond acceptors (Lipinski definition) is 3. The van der Waals surface area contributed by atoms with Crippen molar-refractivity contribution in [1.82, 2.24) is 15.1 Å². The van der Waals surface area contributed by atoms with Gasteiger partial charge in [0.05, 0.1) is 0 Å². The van der Waals surface area contributed by atoms with E-state index in [1.165, 1.54) is 0 Å². The van der Waals surface area contributed by atoms with E-state index in [0.29, 0.717) is 13.1 Å². The van der Waals surface area contributed by atoms with Crippen LogP contribution in [0, 0.1) is 5.92 Å². The van der Waals surface area contributed by atoms with E-state index < -0.39 is 0 Å². The Balaban J connectivity index is 2.07. The molecule has 0 unspecified atom stereocenters. The number of carbonyl (C=O) groups is 2. The highest BCUT2D eigenvalue weighted by molar-refractivity contribution is 5.89. The average molecular weight is 253 g/mol. The second-order valence-corrected chi connectivity index (χ2v) is 5.41. The second kappa shape index (κ2) is 5.69. The number of hydrogen-bond donors (Lipinski definition) is 1. The van der Waals surface area contributed by atoms with Crippen molar-refractivity contribution < 1.29 is 9.59 Å². The molecule has 102 valence electrons. The lowest BCUT2D eigenvalue weighted by molar-refractivity contribution is -0.146. The van der Waals surface area contributed by atoms with Crippen LogP contribution in [-0.4, -0.2) is 61.4 Å². The lowest BCUT2D eigenvalue weighted by Crippen LogP contribution is -2.60. The fourth-order valence-electron chi connectivity index (χ4n) is 2.98. The Labute approximate surface area is 108 Å². The van der Waals surface area contributed by atoms with Gasteiger partial charge in [-0.3, -0.25) is 9.59 Å². The monoisotopic (exact) mass is 253 g/mol. The third kappa shape index (κ3) is 2.66. The van der Waals surface area contributed by atoms with Gasteiger partial charge in [0.1, 0.15) is 6.04 Å². The molecule has 2 amide bonds. The van der Waals surface area contributed by atoms with Gasteiger partial charge in [0, 0.05) is 32.6 Å². The molecule has 0 aromatic carbocycles. The molecule has 1 saturated carbocycles. The summed E-state index contributed by atoms with van der Waals surface area (Å²) in [4.78, 5) is 28.3. The number of rotatable bonds is 2. The van der Waals surface area contributed by atoms with E-state index in [2.05, 4.69) is 10.2 Å². The zero-order chi connectivity index (χ0) is 13.1. The lowest BCUT2D eigenvalue weighted by atomic mass is 10.0. The molecule has 2 rings (SSSR count). The van der Waals surface area contributed by atoms with Crippen LogP contribution in [0.5, 0.6) is 0 Å².